The first-order valence-electron chi connectivity index (χ1n) is 9.58. The Kier molecular flexibility index (Phi) is 4.88. The van der Waals surface area contributed by atoms with Crippen molar-refractivity contribution < 1.29 is 9.53 Å². The molecule has 0 unspecified atom stereocenters. The second kappa shape index (κ2) is 7.70. The molecule has 0 aliphatic carbocycles. The summed E-state index contributed by atoms with van der Waals surface area (Å²) in [7, 11) is 0. The number of nitrogens with zero attached hydrogens (tertiary/aromatic N) is 4. The molecule has 6 nitrogen and oxygen atoms in total. The van der Waals surface area contributed by atoms with Gasteiger partial charge in [-0.25, -0.2) is 4.79 Å². The summed E-state index contributed by atoms with van der Waals surface area (Å²) in [6.07, 6.45) is 0. The molecule has 0 N–H and O–H groups in total. The molecule has 0 saturated heterocycles. The summed E-state index contributed by atoms with van der Waals surface area (Å²) in [5, 5.41) is 10.4. The van der Waals surface area contributed by atoms with Crippen LogP contribution >= 0.6 is 23.1 Å². The van der Waals surface area contributed by atoms with E-state index in [1.54, 1.807) is 11.3 Å². The van der Waals surface area contributed by atoms with Gasteiger partial charge in [0.1, 0.15) is 0 Å². The highest BCUT2D eigenvalue weighted by molar-refractivity contribution is 7.98. The van der Waals surface area contributed by atoms with Crippen molar-refractivity contribution in [2.75, 3.05) is 6.61 Å². The van der Waals surface area contributed by atoms with Crippen molar-refractivity contribution in [1.29, 1.82) is 0 Å². The van der Waals surface area contributed by atoms with Crippen LogP contribution in [0.5, 0.6) is 0 Å². The summed E-state index contributed by atoms with van der Waals surface area (Å²) in [4.78, 5) is 18.4. The highest BCUT2D eigenvalue weighted by Crippen LogP contribution is 2.32. The summed E-state index contributed by atoms with van der Waals surface area (Å²) in [5.74, 6) is 0.154. The lowest BCUT2D eigenvalue weighted by Gasteiger charge is -2.13. The van der Waals surface area contributed by atoms with Crippen LogP contribution in [-0.4, -0.2) is 32.2 Å². The summed E-state index contributed by atoms with van der Waals surface area (Å²) in [5.41, 5.74) is 4.08. The van der Waals surface area contributed by atoms with Crippen LogP contribution in [0.1, 0.15) is 28.5 Å². The molecule has 0 aliphatic rings. The molecule has 0 atom stereocenters. The van der Waals surface area contributed by atoms with E-state index >= 15 is 0 Å². The molecule has 30 heavy (non-hydrogen) atoms. The average molecular weight is 435 g/mol. The maximum Gasteiger partial charge on any atom is 0.340 e. The predicted molar refractivity (Wildman–Crippen MR) is 120 cm³/mol. The number of benzene rings is 2. The highest BCUT2D eigenvalue weighted by Gasteiger charge is 2.21. The monoisotopic (exact) mass is 434 g/mol. The fraction of sp³-hybridized carbons (Fsp3) is 0.182. The van der Waals surface area contributed by atoms with Gasteiger partial charge in [0.2, 0.25) is 4.96 Å². The van der Waals surface area contributed by atoms with Crippen molar-refractivity contribution in [3.05, 3.63) is 65.4 Å². The van der Waals surface area contributed by atoms with Crippen molar-refractivity contribution >= 4 is 55.1 Å². The van der Waals surface area contributed by atoms with E-state index in [0.717, 1.165) is 36.8 Å². The van der Waals surface area contributed by atoms with Gasteiger partial charge >= 0.3 is 5.97 Å². The number of aromatic nitrogens is 4. The van der Waals surface area contributed by atoms with Gasteiger partial charge in [0.15, 0.2) is 5.16 Å². The van der Waals surface area contributed by atoms with E-state index < -0.39 is 0 Å². The minimum Gasteiger partial charge on any atom is -0.462 e. The lowest BCUT2D eigenvalue weighted by Crippen LogP contribution is -2.12. The molecule has 5 rings (SSSR count). The van der Waals surface area contributed by atoms with Crippen LogP contribution in [0.2, 0.25) is 0 Å². The Bertz CT molecular complexity index is 1410. The number of carbonyl (C=O) groups is 1. The molecular weight excluding hydrogens is 416 g/mol. The summed E-state index contributed by atoms with van der Waals surface area (Å²) < 4.78 is 8.55. The normalized spacial score (nSPS) is 11.5. The maximum absolute atomic E-state index is 12.7. The maximum atomic E-state index is 12.7. The molecule has 5 aromatic rings. The van der Waals surface area contributed by atoms with Crippen LogP contribution in [0.3, 0.4) is 0 Å². The number of pyridine rings is 1. The Hall–Kier alpha value is -2.97. The molecule has 2 aromatic carbocycles. The number of fused-ring (bicyclic) bond motifs is 4. The predicted octanol–water partition coefficient (Wildman–Crippen LogP) is 5.27. The Morgan fingerprint density at radius 1 is 1.13 bits per heavy atom. The smallest absolute Gasteiger partial charge is 0.340 e. The fourth-order valence-corrected chi connectivity index (χ4v) is 5.51. The van der Waals surface area contributed by atoms with Crippen molar-refractivity contribution in [1.82, 2.24) is 19.6 Å². The third kappa shape index (κ3) is 3.12. The number of thiazole rings is 1. The first-order chi connectivity index (χ1) is 14.7. The molecule has 0 fully saturated rings. The largest absolute Gasteiger partial charge is 0.462 e. The van der Waals surface area contributed by atoms with E-state index in [1.165, 1.54) is 11.8 Å². The molecule has 0 spiro atoms. The molecule has 0 amide bonds. The van der Waals surface area contributed by atoms with Gasteiger partial charge in [-0.05, 0) is 37.6 Å². The first kappa shape index (κ1) is 19.0. The molecule has 3 aromatic heterocycles. The lowest BCUT2D eigenvalue weighted by atomic mass is 10.0. The second-order valence-corrected chi connectivity index (χ2v) is 8.71. The number of esters is 1. The number of ether oxygens (including phenoxy) is 1. The van der Waals surface area contributed by atoms with Crippen LogP contribution in [0, 0.1) is 6.92 Å². The van der Waals surface area contributed by atoms with Crippen LogP contribution in [0.25, 0.3) is 26.1 Å². The molecular formula is C22H18N4O2S2. The summed E-state index contributed by atoms with van der Waals surface area (Å²) >= 11 is 3.13. The van der Waals surface area contributed by atoms with Crippen molar-refractivity contribution in [2.45, 2.75) is 24.8 Å². The molecule has 0 saturated carbocycles. The van der Waals surface area contributed by atoms with Gasteiger partial charge in [-0.15, -0.1) is 10.2 Å². The SMILES string of the molecule is CCOC(=O)c1c(CSc2nnc3sc4ccccc4n23)nc2ccccc2c1C. The van der Waals surface area contributed by atoms with Crippen LogP contribution < -0.4 is 0 Å². The zero-order chi connectivity index (χ0) is 20.7. The number of thioether (sulfide) groups is 1. The third-order valence-electron chi connectivity index (χ3n) is 4.96. The van der Waals surface area contributed by atoms with E-state index in [4.69, 9.17) is 9.72 Å². The van der Waals surface area contributed by atoms with Crippen molar-refractivity contribution in [2.24, 2.45) is 0 Å². The van der Waals surface area contributed by atoms with E-state index in [9.17, 15) is 4.79 Å². The topological polar surface area (TPSA) is 69.4 Å². The van der Waals surface area contributed by atoms with Crippen LogP contribution in [0.15, 0.2) is 53.7 Å². The first-order valence-corrected chi connectivity index (χ1v) is 11.4. The van der Waals surface area contributed by atoms with E-state index in [1.807, 2.05) is 50.2 Å². The second-order valence-electron chi connectivity index (χ2n) is 6.76. The van der Waals surface area contributed by atoms with E-state index in [2.05, 4.69) is 26.7 Å². The standard InChI is InChI=1S/C22H18N4O2S2/c1-3-28-20(27)19-13(2)14-8-4-5-9-15(14)23-16(19)12-29-21-24-25-22-26(21)17-10-6-7-11-18(17)30-22/h4-11H,3,12H2,1-2H3. The molecule has 0 bridgehead atoms. The lowest BCUT2D eigenvalue weighted by molar-refractivity contribution is 0.0524. The summed E-state index contributed by atoms with van der Waals surface area (Å²) in [6.45, 7) is 4.08. The molecule has 8 heteroatoms. The Balaban J connectivity index is 1.57. The van der Waals surface area contributed by atoms with E-state index in [0.29, 0.717) is 23.6 Å². The number of aryl methyl sites for hydroxylation is 1. The zero-order valence-corrected chi connectivity index (χ0v) is 18.1. The molecule has 150 valence electrons. The minimum absolute atomic E-state index is 0.323. The van der Waals surface area contributed by atoms with Gasteiger partial charge in [0.05, 0.1) is 33.6 Å². The third-order valence-corrected chi connectivity index (χ3v) is 6.91. The van der Waals surface area contributed by atoms with Gasteiger partial charge in [0.25, 0.3) is 0 Å². The van der Waals surface area contributed by atoms with Crippen LogP contribution in [-0.2, 0) is 10.5 Å². The van der Waals surface area contributed by atoms with Crippen LogP contribution in [0.4, 0.5) is 0 Å². The minimum atomic E-state index is -0.337. The number of rotatable bonds is 5. The number of carbonyl (C=O) groups excluding carboxylic acids is 1. The number of para-hydroxylation sites is 2. The zero-order valence-electron chi connectivity index (χ0n) is 16.5. The van der Waals surface area contributed by atoms with Crippen molar-refractivity contribution in [3.63, 3.8) is 0 Å². The quantitative estimate of drug-likeness (QED) is 0.277. The van der Waals surface area contributed by atoms with Gasteiger partial charge in [-0.2, -0.15) is 0 Å². The van der Waals surface area contributed by atoms with Gasteiger partial charge in [-0.3, -0.25) is 9.38 Å². The fourth-order valence-electron chi connectivity index (χ4n) is 3.60. The summed E-state index contributed by atoms with van der Waals surface area (Å²) in [6, 6.07) is 16.0. The Morgan fingerprint density at radius 3 is 2.80 bits per heavy atom. The Morgan fingerprint density at radius 2 is 1.93 bits per heavy atom. The molecule has 0 radical (unpaired) electrons. The number of hydrogen-bond donors (Lipinski definition) is 0. The molecule has 3 heterocycles. The van der Waals surface area contributed by atoms with Gasteiger partial charge < -0.3 is 4.74 Å². The van der Waals surface area contributed by atoms with Gasteiger partial charge in [0, 0.05) is 11.1 Å². The van der Waals surface area contributed by atoms with Gasteiger partial charge in [-0.1, -0.05) is 53.4 Å². The average Bonchev–Trinajstić information content (AvgIpc) is 3.32. The van der Waals surface area contributed by atoms with Crippen molar-refractivity contribution in [3.8, 4) is 0 Å². The highest BCUT2D eigenvalue weighted by atomic mass is 32.2. The van der Waals surface area contributed by atoms with E-state index in [-0.39, 0.29) is 5.97 Å². The Labute approximate surface area is 180 Å². The number of hydrogen-bond acceptors (Lipinski definition) is 7. The molecule has 0 aliphatic heterocycles.